The largest absolute Gasteiger partial charge is 0.392 e. The van der Waals surface area contributed by atoms with Crippen LogP contribution in [0.15, 0.2) is 18.2 Å². The summed E-state index contributed by atoms with van der Waals surface area (Å²) in [5.41, 5.74) is 1.65. The molecule has 0 amide bonds. The molecule has 0 heterocycles. The van der Waals surface area contributed by atoms with Gasteiger partial charge in [-0.1, -0.05) is 12.1 Å². The second-order valence-corrected chi connectivity index (χ2v) is 4.30. The van der Waals surface area contributed by atoms with Crippen molar-refractivity contribution in [2.24, 2.45) is 0 Å². The van der Waals surface area contributed by atoms with Crippen LogP contribution in [0.5, 0.6) is 0 Å². The molecule has 1 N–H and O–H groups in total. The predicted octanol–water partition coefficient (Wildman–Crippen LogP) is 2.55. The number of aliphatic hydroxyl groups is 1. The Kier molecular flexibility index (Phi) is 2.11. The Morgan fingerprint density at radius 3 is 2.50 bits per heavy atom. The molecule has 1 aliphatic rings. The minimum atomic E-state index is -0.340. The lowest BCUT2D eigenvalue weighted by molar-refractivity contribution is 0.150. The molecule has 1 nitrogen and oxygen atoms in total. The van der Waals surface area contributed by atoms with Crippen molar-refractivity contribution in [3.8, 4) is 0 Å². The first-order chi connectivity index (χ1) is 6.56. The zero-order valence-corrected chi connectivity index (χ0v) is 8.55. The zero-order valence-electron chi connectivity index (χ0n) is 8.55. The van der Waals surface area contributed by atoms with Crippen molar-refractivity contribution in [1.82, 2.24) is 0 Å². The van der Waals surface area contributed by atoms with E-state index in [2.05, 4.69) is 0 Å². The van der Waals surface area contributed by atoms with Gasteiger partial charge in [0.25, 0.3) is 0 Å². The SMILES string of the molecule is Cc1cc(C2(C(C)O)CC2)ccc1F. The molecule has 1 saturated carbocycles. The summed E-state index contributed by atoms with van der Waals surface area (Å²) in [6.45, 7) is 3.57. The molecule has 1 atom stereocenters. The van der Waals surface area contributed by atoms with E-state index in [0.29, 0.717) is 5.56 Å². The number of halogens is 1. The Labute approximate surface area is 83.6 Å². The maximum atomic E-state index is 13.0. The van der Waals surface area contributed by atoms with Crippen molar-refractivity contribution in [1.29, 1.82) is 0 Å². The van der Waals surface area contributed by atoms with Crippen molar-refractivity contribution in [3.63, 3.8) is 0 Å². The van der Waals surface area contributed by atoms with Gasteiger partial charge in [0, 0.05) is 5.41 Å². The van der Waals surface area contributed by atoms with Gasteiger partial charge in [-0.25, -0.2) is 4.39 Å². The normalized spacial score (nSPS) is 20.6. The van der Waals surface area contributed by atoms with Crippen LogP contribution in [-0.4, -0.2) is 11.2 Å². The van der Waals surface area contributed by atoms with Crippen LogP contribution in [0.1, 0.15) is 30.9 Å². The third-order valence-electron chi connectivity index (χ3n) is 3.32. The molecule has 0 aromatic heterocycles. The molecule has 2 heteroatoms. The van der Waals surface area contributed by atoms with Crippen LogP contribution < -0.4 is 0 Å². The Morgan fingerprint density at radius 2 is 2.07 bits per heavy atom. The first-order valence-corrected chi connectivity index (χ1v) is 5.01. The molecule has 0 radical (unpaired) electrons. The van der Waals surface area contributed by atoms with E-state index in [9.17, 15) is 9.50 Å². The second kappa shape index (κ2) is 3.06. The van der Waals surface area contributed by atoms with Crippen molar-refractivity contribution in [2.45, 2.75) is 38.2 Å². The number of aryl methyl sites for hydroxylation is 1. The van der Waals surface area contributed by atoms with Crippen LogP contribution in [-0.2, 0) is 5.41 Å². The van der Waals surface area contributed by atoms with Crippen LogP contribution in [0.3, 0.4) is 0 Å². The van der Waals surface area contributed by atoms with E-state index in [4.69, 9.17) is 0 Å². The van der Waals surface area contributed by atoms with E-state index < -0.39 is 0 Å². The molecular weight excluding hydrogens is 179 g/mol. The lowest BCUT2D eigenvalue weighted by atomic mass is 9.90. The minimum absolute atomic E-state index is 0.0849. The fourth-order valence-electron chi connectivity index (χ4n) is 2.04. The highest BCUT2D eigenvalue weighted by atomic mass is 19.1. The average molecular weight is 194 g/mol. The molecule has 2 rings (SSSR count). The molecule has 1 fully saturated rings. The van der Waals surface area contributed by atoms with Gasteiger partial charge < -0.3 is 5.11 Å². The van der Waals surface area contributed by atoms with E-state index in [-0.39, 0.29) is 17.3 Å². The second-order valence-electron chi connectivity index (χ2n) is 4.30. The molecule has 0 spiro atoms. The maximum Gasteiger partial charge on any atom is 0.126 e. The number of rotatable bonds is 2. The molecule has 1 aliphatic carbocycles. The molecule has 0 aliphatic heterocycles. The fraction of sp³-hybridized carbons (Fsp3) is 0.500. The third-order valence-corrected chi connectivity index (χ3v) is 3.32. The summed E-state index contributed by atoms with van der Waals surface area (Å²) in [5, 5.41) is 9.66. The zero-order chi connectivity index (χ0) is 10.3. The number of benzene rings is 1. The molecule has 0 bridgehead atoms. The summed E-state index contributed by atoms with van der Waals surface area (Å²) >= 11 is 0. The summed E-state index contributed by atoms with van der Waals surface area (Å²) in [7, 11) is 0. The van der Waals surface area contributed by atoms with Crippen LogP contribution in [0, 0.1) is 12.7 Å². The Balaban J connectivity index is 2.38. The first-order valence-electron chi connectivity index (χ1n) is 5.01. The summed E-state index contributed by atoms with van der Waals surface area (Å²) in [6, 6.07) is 5.14. The van der Waals surface area contributed by atoms with E-state index >= 15 is 0 Å². The predicted molar refractivity (Wildman–Crippen MR) is 53.7 cm³/mol. The molecule has 76 valence electrons. The third kappa shape index (κ3) is 1.34. The van der Waals surface area contributed by atoms with E-state index in [0.717, 1.165) is 18.4 Å². The molecule has 1 aromatic carbocycles. The van der Waals surface area contributed by atoms with Crippen LogP contribution >= 0.6 is 0 Å². The molecule has 1 unspecified atom stereocenters. The number of hydrogen-bond acceptors (Lipinski definition) is 1. The molecular formula is C12H15FO. The topological polar surface area (TPSA) is 20.2 Å². The van der Waals surface area contributed by atoms with Gasteiger partial charge in [-0.2, -0.15) is 0 Å². The Hall–Kier alpha value is -0.890. The monoisotopic (exact) mass is 194 g/mol. The number of aliphatic hydroxyl groups excluding tert-OH is 1. The lowest BCUT2D eigenvalue weighted by Crippen LogP contribution is -2.22. The van der Waals surface area contributed by atoms with Crippen molar-refractivity contribution < 1.29 is 9.50 Å². The highest BCUT2D eigenvalue weighted by Gasteiger charge is 2.48. The first kappa shape index (κ1) is 9.66. The molecule has 14 heavy (non-hydrogen) atoms. The van der Waals surface area contributed by atoms with Gasteiger partial charge in [-0.3, -0.25) is 0 Å². The van der Waals surface area contributed by atoms with Crippen molar-refractivity contribution >= 4 is 0 Å². The minimum Gasteiger partial charge on any atom is -0.392 e. The van der Waals surface area contributed by atoms with E-state index in [1.165, 1.54) is 6.07 Å². The average Bonchev–Trinajstić information content (AvgIpc) is 2.90. The van der Waals surface area contributed by atoms with Crippen molar-refractivity contribution in [2.75, 3.05) is 0 Å². The van der Waals surface area contributed by atoms with Gasteiger partial charge in [0.15, 0.2) is 0 Å². The maximum absolute atomic E-state index is 13.0. The smallest absolute Gasteiger partial charge is 0.126 e. The van der Waals surface area contributed by atoms with E-state index in [1.807, 2.05) is 13.0 Å². The van der Waals surface area contributed by atoms with E-state index in [1.54, 1.807) is 13.0 Å². The van der Waals surface area contributed by atoms with Gasteiger partial charge >= 0.3 is 0 Å². The van der Waals surface area contributed by atoms with Gasteiger partial charge in [0.05, 0.1) is 6.10 Å². The highest BCUT2D eigenvalue weighted by molar-refractivity contribution is 5.36. The van der Waals surface area contributed by atoms with Crippen LogP contribution in [0.25, 0.3) is 0 Å². The molecule has 1 aromatic rings. The summed E-state index contributed by atoms with van der Waals surface area (Å²) in [5.74, 6) is -0.171. The molecule has 0 saturated heterocycles. The van der Waals surface area contributed by atoms with Gasteiger partial charge in [0.1, 0.15) is 5.82 Å². The lowest BCUT2D eigenvalue weighted by Gasteiger charge is -2.19. The fourth-order valence-corrected chi connectivity index (χ4v) is 2.04. The standard InChI is InChI=1S/C12H15FO/c1-8-7-10(3-4-11(8)13)12(5-6-12)9(2)14/h3-4,7,9,14H,5-6H2,1-2H3. The summed E-state index contributed by atoms with van der Waals surface area (Å²) in [6.07, 6.45) is 1.68. The summed E-state index contributed by atoms with van der Waals surface area (Å²) in [4.78, 5) is 0. The van der Waals surface area contributed by atoms with Crippen molar-refractivity contribution in [3.05, 3.63) is 35.1 Å². The Morgan fingerprint density at radius 1 is 1.43 bits per heavy atom. The Bertz CT molecular complexity index is 353. The van der Waals surface area contributed by atoms with Gasteiger partial charge in [-0.15, -0.1) is 0 Å². The quantitative estimate of drug-likeness (QED) is 0.767. The summed E-state index contributed by atoms with van der Waals surface area (Å²) < 4.78 is 13.0. The number of hydrogen-bond donors (Lipinski definition) is 1. The van der Waals surface area contributed by atoms with Gasteiger partial charge in [-0.05, 0) is 43.9 Å². The van der Waals surface area contributed by atoms with Crippen LogP contribution in [0.4, 0.5) is 4.39 Å². The highest BCUT2D eigenvalue weighted by Crippen LogP contribution is 2.51. The van der Waals surface area contributed by atoms with Gasteiger partial charge in [0.2, 0.25) is 0 Å². The van der Waals surface area contributed by atoms with Crippen LogP contribution in [0.2, 0.25) is 0 Å².